The predicted molar refractivity (Wildman–Crippen MR) is 108 cm³/mol. The van der Waals surface area contributed by atoms with E-state index in [4.69, 9.17) is 0 Å². The molecule has 2 saturated heterocycles. The zero-order chi connectivity index (χ0) is 19.6. The number of likely N-dealkylation sites (tertiary alicyclic amines) is 1. The zero-order valence-corrected chi connectivity index (χ0v) is 16.8. The molecular formula is C22H28N4O2. The fourth-order valence-electron chi connectivity index (χ4n) is 5.72. The van der Waals surface area contributed by atoms with E-state index in [0.717, 1.165) is 19.4 Å². The Hall–Kier alpha value is -2.34. The summed E-state index contributed by atoms with van der Waals surface area (Å²) in [4.78, 5) is 34.0. The quantitative estimate of drug-likeness (QED) is 0.833. The Labute approximate surface area is 165 Å². The van der Waals surface area contributed by atoms with Gasteiger partial charge in [-0.05, 0) is 56.8 Å². The normalized spacial score (nSPS) is 27.9. The predicted octanol–water partition coefficient (Wildman–Crippen LogP) is 2.80. The van der Waals surface area contributed by atoms with Crippen LogP contribution in [0.15, 0.2) is 24.4 Å². The number of aromatic nitrogens is 1. The van der Waals surface area contributed by atoms with E-state index in [1.807, 2.05) is 13.8 Å². The van der Waals surface area contributed by atoms with Crippen molar-refractivity contribution >= 4 is 22.8 Å². The van der Waals surface area contributed by atoms with Crippen LogP contribution in [0.5, 0.6) is 0 Å². The summed E-state index contributed by atoms with van der Waals surface area (Å²) in [6.07, 6.45) is 4.31. The largest absolute Gasteiger partial charge is 0.361 e. The average Bonchev–Trinajstić information content (AvgIpc) is 3.18. The molecule has 3 heterocycles. The number of fused-ring (bicyclic) bond motifs is 2. The summed E-state index contributed by atoms with van der Waals surface area (Å²) in [6, 6.07) is 6.88. The third-order valence-electron chi connectivity index (χ3n) is 6.88. The van der Waals surface area contributed by atoms with E-state index in [0.29, 0.717) is 24.4 Å². The van der Waals surface area contributed by atoms with E-state index in [1.165, 1.54) is 26.9 Å². The molecule has 0 bridgehead atoms. The van der Waals surface area contributed by atoms with Gasteiger partial charge in [0.1, 0.15) is 6.54 Å². The Balaban J connectivity index is 1.39. The molecule has 6 nitrogen and oxygen atoms in total. The van der Waals surface area contributed by atoms with Gasteiger partial charge in [-0.25, -0.2) is 4.79 Å². The fourth-order valence-corrected chi connectivity index (χ4v) is 5.72. The van der Waals surface area contributed by atoms with Crippen LogP contribution in [-0.2, 0) is 11.2 Å². The number of nitrogens with zero attached hydrogens (tertiary/aromatic N) is 3. The van der Waals surface area contributed by atoms with Gasteiger partial charge in [0, 0.05) is 48.2 Å². The Bertz CT molecular complexity index is 949. The van der Waals surface area contributed by atoms with Gasteiger partial charge in [0.05, 0.1) is 0 Å². The molecular weight excluding hydrogens is 352 g/mol. The molecule has 148 valence electrons. The number of piperidine rings is 1. The first kappa shape index (κ1) is 17.7. The van der Waals surface area contributed by atoms with Gasteiger partial charge in [0.15, 0.2) is 0 Å². The Kier molecular flexibility index (Phi) is 4.02. The number of imide groups is 1. The van der Waals surface area contributed by atoms with E-state index >= 15 is 0 Å². The number of nitrogens with one attached hydrogen (secondary N) is 1. The number of hydrogen-bond donors (Lipinski definition) is 1. The number of carbonyl (C=O) groups is 2. The topological polar surface area (TPSA) is 59.7 Å². The molecule has 0 unspecified atom stereocenters. The van der Waals surface area contributed by atoms with Gasteiger partial charge in [-0.2, -0.15) is 0 Å². The highest BCUT2D eigenvalue weighted by Gasteiger charge is 2.43. The van der Waals surface area contributed by atoms with Crippen molar-refractivity contribution in [3.05, 3.63) is 35.5 Å². The van der Waals surface area contributed by atoms with Crippen LogP contribution in [-0.4, -0.2) is 70.4 Å². The molecule has 3 atom stereocenters. The van der Waals surface area contributed by atoms with Gasteiger partial charge in [-0.1, -0.05) is 12.1 Å². The summed E-state index contributed by atoms with van der Waals surface area (Å²) in [5, 5.41) is 1.40. The Morgan fingerprint density at radius 3 is 2.82 bits per heavy atom. The molecule has 2 fully saturated rings. The van der Waals surface area contributed by atoms with Gasteiger partial charge in [0.25, 0.3) is 5.91 Å². The molecule has 1 aromatic heterocycles. The van der Waals surface area contributed by atoms with Crippen LogP contribution in [0.2, 0.25) is 0 Å². The summed E-state index contributed by atoms with van der Waals surface area (Å²) in [7, 11) is 2.21. The summed E-state index contributed by atoms with van der Waals surface area (Å²) in [5.41, 5.74) is 4.09. The second kappa shape index (κ2) is 6.34. The molecule has 0 spiro atoms. The van der Waals surface area contributed by atoms with Gasteiger partial charge >= 0.3 is 6.03 Å². The van der Waals surface area contributed by atoms with Crippen molar-refractivity contribution in [3.63, 3.8) is 0 Å². The molecule has 2 aliphatic heterocycles. The molecule has 3 amide bonds. The van der Waals surface area contributed by atoms with Crippen LogP contribution < -0.4 is 0 Å². The first-order chi connectivity index (χ1) is 13.4. The van der Waals surface area contributed by atoms with Crippen molar-refractivity contribution in [2.24, 2.45) is 5.92 Å². The molecule has 0 saturated carbocycles. The third-order valence-corrected chi connectivity index (χ3v) is 6.88. The van der Waals surface area contributed by atoms with E-state index in [-0.39, 0.29) is 24.5 Å². The average molecular weight is 380 g/mol. The first-order valence-corrected chi connectivity index (χ1v) is 10.3. The van der Waals surface area contributed by atoms with Crippen LogP contribution in [0.1, 0.15) is 37.3 Å². The number of hydrogen-bond acceptors (Lipinski definition) is 3. The minimum absolute atomic E-state index is 0.0681. The lowest BCUT2D eigenvalue weighted by molar-refractivity contribution is -0.126. The smallest absolute Gasteiger partial charge is 0.327 e. The fraction of sp³-hybridized carbons (Fsp3) is 0.545. The Morgan fingerprint density at radius 1 is 1.25 bits per heavy atom. The van der Waals surface area contributed by atoms with Gasteiger partial charge in [-0.15, -0.1) is 0 Å². The van der Waals surface area contributed by atoms with Crippen molar-refractivity contribution in [2.75, 3.05) is 26.7 Å². The lowest BCUT2D eigenvalue weighted by Gasteiger charge is -2.46. The standard InChI is InChI=1S/C22H28N4O2/c1-13(2)26-20(27)12-25(22(26)28)11-14-7-17-16-5-4-6-18-21(16)15(9-23-18)8-19(17)24(3)10-14/h4-6,9,13-14,17,19,23H,7-8,10-12H2,1-3H3/t14-,17-,19-/m1/s1. The van der Waals surface area contributed by atoms with Crippen molar-refractivity contribution in [3.8, 4) is 0 Å². The molecule has 2 aromatic rings. The molecule has 1 aromatic carbocycles. The highest BCUT2D eigenvalue weighted by Crippen LogP contribution is 2.44. The molecule has 1 aliphatic carbocycles. The Morgan fingerprint density at radius 2 is 2.07 bits per heavy atom. The third kappa shape index (κ3) is 2.58. The van der Waals surface area contributed by atoms with Crippen molar-refractivity contribution in [2.45, 2.75) is 44.7 Å². The number of H-pyrrole nitrogens is 1. The number of benzene rings is 1. The first-order valence-electron chi connectivity index (χ1n) is 10.3. The van der Waals surface area contributed by atoms with Crippen molar-refractivity contribution < 1.29 is 9.59 Å². The zero-order valence-electron chi connectivity index (χ0n) is 16.8. The molecule has 28 heavy (non-hydrogen) atoms. The number of rotatable bonds is 3. The van der Waals surface area contributed by atoms with Crippen LogP contribution in [0.4, 0.5) is 4.79 Å². The minimum Gasteiger partial charge on any atom is -0.361 e. The van der Waals surface area contributed by atoms with Gasteiger partial charge < -0.3 is 14.8 Å². The molecule has 6 heteroatoms. The molecule has 3 aliphatic rings. The van der Waals surface area contributed by atoms with Crippen molar-refractivity contribution in [1.29, 1.82) is 0 Å². The van der Waals surface area contributed by atoms with E-state index in [1.54, 1.807) is 4.90 Å². The molecule has 1 N–H and O–H groups in total. The maximum Gasteiger partial charge on any atom is 0.327 e. The van der Waals surface area contributed by atoms with E-state index in [9.17, 15) is 9.59 Å². The highest BCUT2D eigenvalue weighted by atomic mass is 16.2. The summed E-state index contributed by atoms with van der Waals surface area (Å²) < 4.78 is 0. The maximum atomic E-state index is 12.7. The molecule has 5 rings (SSSR count). The van der Waals surface area contributed by atoms with Crippen LogP contribution >= 0.6 is 0 Å². The number of aromatic amines is 1. The van der Waals surface area contributed by atoms with Gasteiger partial charge in [-0.3, -0.25) is 9.69 Å². The van der Waals surface area contributed by atoms with Gasteiger partial charge in [0.2, 0.25) is 0 Å². The van der Waals surface area contributed by atoms with E-state index < -0.39 is 0 Å². The number of carbonyl (C=O) groups excluding carboxylic acids is 2. The summed E-state index contributed by atoms with van der Waals surface area (Å²) in [6.45, 7) is 5.65. The lowest BCUT2D eigenvalue weighted by atomic mass is 9.72. The van der Waals surface area contributed by atoms with Crippen molar-refractivity contribution in [1.82, 2.24) is 19.7 Å². The van der Waals surface area contributed by atoms with Crippen LogP contribution in [0.25, 0.3) is 10.9 Å². The minimum atomic E-state index is -0.122. The second-order valence-electron chi connectivity index (χ2n) is 9.02. The molecule has 0 radical (unpaired) electrons. The summed E-state index contributed by atoms with van der Waals surface area (Å²) in [5.74, 6) is 0.789. The number of likely N-dealkylation sites (N-methyl/N-ethyl adjacent to an activating group) is 1. The number of urea groups is 1. The highest BCUT2D eigenvalue weighted by molar-refractivity contribution is 6.02. The second-order valence-corrected chi connectivity index (χ2v) is 9.02. The van der Waals surface area contributed by atoms with Crippen LogP contribution in [0.3, 0.4) is 0 Å². The monoisotopic (exact) mass is 380 g/mol. The SMILES string of the molecule is CC(C)N1C(=O)CN(C[C@@H]2C[C@@H]3c4cccc5[nH]cc(c45)C[C@H]3N(C)C2)C1=O. The summed E-state index contributed by atoms with van der Waals surface area (Å²) >= 11 is 0. The van der Waals surface area contributed by atoms with Crippen LogP contribution in [0, 0.1) is 5.92 Å². The maximum absolute atomic E-state index is 12.7. The number of amides is 3. The lowest BCUT2D eigenvalue weighted by Crippen LogP contribution is -2.50. The van der Waals surface area contributed by atoms with E-state index in [2.05, 4.69) is 41.3 Å².